The minimum Gasteiger partial charge on any atom is -0.497 e. The van der Waals surface area contributed by atoms with Gasteiger partial charge in [-0.3, -0.25) is 0 Å². The largest absolute Gasteiger partial charge is 0.519 e. The van der Waals surface area contributed by atoms with Gasteiger partial charge in [0.1, 0.15) is 28.7 Å². The summed E-state index contributed by atoms with van der Waals surface area (Å²) in [6.07, 6.45) is -2.53. The van der Waals surface area contributed by atoms with Crippen LogP contribution in [0.25, 0.3) is 0 Å². The number of carbonyl (C=O) groups is 3. The van der Waals surface area contributed by atoms with Crippen LogP contribution in [0.2, 0.25) is 0 Å². The molecule has 5 aromatic carbocycles. The van der Waals surface area contributed by atoms with Crippen molar-refractivity contribution in [2.45, 2.75) is 46.5 Å². The highest BCUT2D eigenvalue weighted by Gasteiger charge is 2.32. The molecule has 0 spiro atoms. The highest BCUT2D eigenvalue weighted by Crippen LogP contribution is 2.41. The summed E-state index contributed by atoms with van der Waals surface area (Å²) in [6.45, 7) is 6.26. The first-order valence-electron chi connectivity index (χ1n) is 15.9. The Bertz CT molecular complexity index is 1890. The van der Waals surface area contributed by atoms with E-state index in [0.717, 1.165) is 33.6 Å². The Morgan fingerprint density at radius 2 is 0.623 bits per heavy atom. The standard InChI is InChI=1S/C41H38O10.2CH4/c1-40(2,27-7-17-32(45-4)18-8-27)28-9-19-35(20-10-28)50-39(44)51-36-25-15-31(16-26-36)41(3,29-11-21-33(22-12-29)48-37(42)46-5)30-13-23-34(24-14-30)49-38(43)47-6;;/h7-26H,1-6H3;2*1H4. The van der Waals surface area contributed by atoms with Gasteiger partial charge in [0.2, 0.25) is 0 Å². The molecule has 5 aromatic rings. The van der Waals surface area contributed by atoms with Crippen molar-refractivity contribution in [1.82, 2.24) is 0 Å². The molecule has 5 rings (SSSR count). The Labute approximate surface area is 311 Å². The molecule has 0 aliphatic carbocycles. The van der Waals surface area contributed by atoms with Gasteiger partial charge in [-0.05, 0) is 95.4 Å². The first-order valence-corrected chi connectivity index (χ1v) is 15.9. The van der Waals surface area contributed by atoms with Gasteiger partial charge in [0.05, 0.1) is 21.3 Å². The Balaban J connectivity index is 0.00000378. The van der Waals surface area contributed by atoms with Crippen LogP contribution in [-0.2, 0) is 20.3 Å². The minimum absolute atomic E-state index is 0. The fourth-order valence-corrected chi connectivity index (χ4v) is 5.67. The van der Waals surface area contributed by atoms with Crippen LogP contribution in [0.1, 0.15) is 63.4 Å². The van der Waals surface area contributed by atoms with Crippen LogP contribution in [-0.4, -0.2) is 39.8 Å². The number of hydrogen-bond donors (Lipinski definition) is 0. The second-order valence-corrected chi connectivity index (χ2v) is 12.1. The molecule has 0 aromatic heterocycles. The molecule has 278 valence electrons. The van der Waals surface area contributed by atoms with Crippen molar-refractivity contribution >= 4 is 18.5 Å². The molecule has 0 aliphatic heterocycles. The van der Waals surface area contributed by atoms with Gasteiger partial charge in [-0.1, -0.05) is 89.4 Å². The number of benzene rings is 5. The number of ether oxygens (including phenoxy) is 7. The SMILES string of the molecule is C.C.COC(=O)Oc1ccc(C(C)(c2ccc(OC(=O)OC)cc2)c2ccc(OC(=O)Oc3ccc(C(C)(C)c4ccc(OC)cc4)cc3)cc2)cc1. The first kappa shape index (κ1) is 41.1. The van der Waals surface area contributed by atoms with E-state index < -0.39 is 23.9 Å². The van der Waals surface area contributed by atoms with Crippen LogP contribution in [0.5, 0.6) is 28.7 Å². The molecular weight excluding hydrogens is 676 g/mol. The summed E-state index contributed by atoms with van der Waals surface area (Å²) in [6, 6.07) is 36.3. The molecule has 0 atom stereocenters. The summed E-state index contributed by atoms with van der Waals surface area (Å²) in [5, 5.41) is 0. The van der Waals surface area contributed by atoms with Gasteiger partial charge in [0, 0.05) is 10.8 Å². The second-order valence-electron chi connectivity index (χ2n) is 12.1. The van der Waals surface area contributed by atoms with Crippen LogP contribution in [0.3, 0.4) is 0 Å². The monoisotopic (exact) mass is 722 g/mol. The maximum Gasteiger partial charge on any atom is 0.519 e. The third-order valence-corrected chi connectivity index (χ3v) is 8.82. The molecule has 0 amide bonds. The zero-order chi connectivity index (χ0) is 36.6. The van der Waals surface area contributed by atoms with Crippen LogP contribution in [0.15, 0.2) is 121 Å². The maximum absolute atomic E-state index is 12.8. The Hall–Kier alpha value is -6.29. The van der Waals surface area contributed by atoms with Crippen LogP contribution >= 0.6 is 0 Å². The summed E-state index contributed by atoms with van der Waals surface area (Å²) >= 11 is 0. The van der Waals surface area contributed by atoms with Crippen LogP contribution in [0, 0.1) is 0 Å². The maximum atomic E-state index is 12.8. The average Bonchev–Trinajstić information content (AvgIpc) is 3.15. The van der Waals surface area contributed by atoms with Crippen LogP contribution < -0.4 is 23.7 Å². The molecule has 10 nitrogen and oxygen atoms in total. The van der Waals surface area contributed by atoms with E-state index in [9.17, 15) is 14.4 Å². The highest BCUT2D eigenvalue weighted by atomic mass is 16.7. The molecule has 10 heteroatoms. The Morgan fingerprint density at radius 1 is 0.377 bits per heavy atom. The molecule has 0 saturated carbocycles. The fraction of sp³-hybridized carbons (Fsp3) is 0.233. The number of hydrogen-bond acceptors (Lipinski definition) is 10. The summed E-state index contributed by atoms with van der Waals surface area (Å²) in [4.78, 5) is 36.0. The van der Waals surface area contributed by atoms with Crippen molar-refractivity contribution in [2.24, 2.45) is 0 Å². The molecule has 0 N–H and O–H groups in total. The molecule has 0 fully saturated rings. The molecular formula is C43H46O10. The predicted octanol–water partition coefficient (Wildman–Crippen LogP) is 10.5. The van der Waals surface area contributed by atoms with E-state index in [1.807, 2.05) is 79.7 Å². The van der Waals surface area contributed by atoms with E-state index in [1.54, 1.807) is 55.6 Å². The lowest BCUT2D eigenvalue weighted by molar-refractivity contribution is 0.120. The lowest BCUT2D eigenvalue weighted by Gasteiger charge is -2.32. The van der Waals surface area contributed by atoms with Gasteiger partial charge < -0.3 is 33.2 Å². The van der Waals surface area contributed by atoms with E-state index in [4.69, 9.17) is 23.7 Å². The van der Waals surface area contributed by atoms with Crippen molar-refractivity contribution in [1.29, 1.82) is 0 Å². The predicted molar refractivity (Wildman–Crippen MR) is 203 cm³/mol. The quantitative estimate of drug-likeness (QED) is 0.0783. The molecule has 0 saturated heterocycles. The third kappa shape index (κ3) is 9.53. The van der Waals surface area contributed by atoms with Crippen molar-refractivity contribution in [2.75, 3.05) is 21.3 Å². The van der Waals surface area contributed by atoms with Gasteiger partial charge in [-0.15, -0.1) is 0 Å². The summed E-state index contributed by atoms with van der Waals surface area (Å²) in [5.41, 5.74) is 3.67. The van der Waals surface area contributed by atoms with E-state index in [1.165, 1.54) is 14.2 Å². The zero-order valence-corrected chi connectivity index (χ0v) is 29.1. The average molecular weight is 723 g/mol. The van der Waals surface area contributed by atoms with Gasteiger partial charge >= 0.3 is 18.5 Å². The lowest BCUT2D eigenvalue weighted by Crippen LogP contribution is -2.25. The van der Waals surface area contributed by atoms with E-state index in [-0.39, 0.29) is 26.0 Å². The summed E-state index contributed by atoms with van der Waals surface area (Å²) in [7, 11) is 4.10. The lowest BCUT2D eigenvalue weighted by atomic mass is 9.71. The molecule has 0 aliphatic rings. The Morgan fingerprint density at radius 3 is 0.887 bits per heavy atom. The highest BCUT2D eigenvalue weighted by molar-refractivity contribution is 5.68. The van der Waals surface area contributed by atoms with Gasteiger partial charge in [-0.25, -0.2) is 14.4 Å². The van der Waals surface area contributed by atoms with Gasteiger partial charge in [0.25, 0.3) is 0 Å². The molecule has 53 heavy (non-hydrogen) atoms. The zero-order valence-electron chi connectivity index (χ0n) is 29.1. The van der Waals surface area contributed by atoms with Crippen molar-refractivity contribution in [3.63, 3.8) is 0 Å². The van der Waals surface area contributed by atoms with E-state index in [0.29, 0.717) is 17.2 Å². The molecule has 0 radical (unpaired) electrons. The molecule has 0 bridgehead atoms. The van der Waals surface area contributed by atoms with E-state index in [2.05, 4.69) is 23.3 Å². The smallest absolute Gasteiger partial charge is 0.497 e. The van der Waals surface area contributed by atoms with Crippen molar-refractivity contribution < 1.29 is 47.5 Å². The Kier molecular flexibility index (Phi) is 13.8. The number of rotatable bonds is 10. The molecule has 0 heterocycles. The molecule has 0 unspecified atom stereocenters. The summed E-state index contributed by atoms with van der Waals surface area (Å²) in [5.74, 6) is 2.04. The second kappa shape index (κ2) is 17.8. The van der Waals surface area contributed by atoms with Crippen LogP contribution in [0.4, 0.5) is 14.4 Å². The van der Waals surface area contributed by atoms with Crippen molar-refractivity contribution in [3.8, 4) is 28.7 Å². The normalized spacial score (nSPS) is 10.8. The topological polar surface area (TPSA) is 116 Å². The van der Waals surface area contributed by atoms with E-state index >= 15 is 0 Å². The minimum atomic E-state index is -0.880. The fourth-order valence-electron chi connectivity index (χ4n) is 5.67. The van der Waals surface area contributed by atoms with Gasteiger partial charge in [0.15, 0.2) is 0 Å². The third-order valence-electron chi connectivity index (χ3n) is 8.82. The number of methoxy groups -OCH3 is 3. The summed E-state index contributed by atoms with van der Waals surface area (Å²) < 4.78 is 35.8. The number of carbonyl (C=O) groups excluding carboxylic acids is 3. The van der Waals surface area contributed by atoms with Crippen molar-refractivity contribution in [3.05, 3.63) is 149 Å². The van der Waals surface area contributed by atoms with Gasteiger partial charge in [-0.2, -0.15) is 0 Å². The first-order chi connectivity index (χ1) is 24.5.